The van der Waals surface area contributed by atoms with Crippen LogP contribution in [0.2, 0.25) is 0 Å². The Labute approximate surface area is 328 Å². The van der Waals surface area contributed by atoms with Crippen molar-refractivity contribution < 1.29 is 71.8 Å². The van der Waals surface area contributed by atoms with Crippen LogP contribution in [-0.2, 0) is 40.6 Å². The van der Waals surface area contributed by atoms with Gasteiger partial charge in [-0.3, -0.25) is 0 Å². The molecule has 0 bridgehead atoms. The van der Waals surface area contributed by atoms with Crippen LogP contribution < -0.4 is 18.9 Å². The monoisotopic (exact) mass is 860 g/mol. The number of aromatic nitrogens is 2. The molecule has 2 aliphatic heterocycles. The summed E-state index contributed by atoms with van der Waals surface area (Å²) in [6.07, 6.45) is -6.57. The third kappa shape index (κ3) is 11.3. The molecule has 0 saturated heterocycles. The standard InChI is InChI=1S/2C18H17F3N2O5S/c2*1-3-29(24,25)16-9-8-14(11-22-16)26-15-10-17(2,28-23-15)12-4-6-13(7-5-12)27-18(19,20)21/h2*4-9,11H,3,10H2,1-2H3/t2*17-/m10/s1. The van der Waals surface area contributed by atoms with E-state index in [0.717, 1.165) is 0 Å². The highest BCUT2D eigenvalue weighted by Gasteiger charge is 2.40. The second kappa shape index (κ2) is 16.7. The molecule has 0 spiro atoms. The van der Waals surface area contributed by atoms with Crippen molar-refractivity contribution in [3.8, 4) is 23.0 Å². The van der Waals surface area contributed by atoms with Gasteiger partial charge in [-0.1, -0.05) is 48.4 Å². The quantitative estimate of drug-likeness (QED) is 0.143. The largest absolute Gasteiger partial charge is 0.573 e. The van der Waals surface area contributed by atoms with Crippen molar-refractivity contribution in [2.75, 3.05) is 11.5 Å². The first kappa shape index (κ1) is 43.5. The van der Waals surface area contributed by atoms with Crippen molar-refractivity contribution in [3.63, 3.8) is 0 Å². The van der Waals surface area contributed by atoms with Gasteiger partial charge in [-0.15, -0.1) is 26.3 Å². The van der Waals surface area contributed by atoms with Crippen molar-refractivity contribution in [3.05, 3.63) is 96.3 Å². The van der Waals surface area contributed by atoms with Crippen molar-refractivity contribution >= 4 is 31.5 Å². The van der Waals surface area contributed by atoms with E-state index in [9.17, 15) is 43.2 Å². The number of pyridine rings is 2. The normalized spacial score (nSPS) is 19.4. The predicted octanol–water partition coefficient (Wildman–Crippen LogP) is 7.60. The lowest BCUT2D eigenvalue weighted by Crippen LogP contribution is -2.23. The molecule has 4 heterocycles. The molecule has 0 aliphatic carbocycles. The summed E-state index contributed by atoms with van der Waals surface area (Å²) in [7, 11) is -6.83. The summed E-state index contributed by atoms with van der Waals surface area (Å²) in [6.45, 7) is 6.46. The highest BCUT2D eigenvalue weighted by Crippen LogP contribution is 2.38. The molecule has 22 heteroatoms. The van der Waals surface area contributed by atoms with E-state index in [4.69, 9.17) is 19.1 Å². The van der Waals surface area contributed by atoms with E-state index < -0.39 is 43.6 Å². The van der Waals surface area contributed by atoms with Gasteiger partial charge in [0.25, 0.3) is 0 Å². The molecule has 0 radical (unpaired) electrons. The highest BCUT2D eigenvalue weighted by atomic mass is 32.2. The number of hydrogen-bond acceptors (Lipinski definition) is 14. The molecular formula is C36H34F6N4O10S2. The maximum absolute atomic E-state index is 12.3. The Morgan fingerprint density at radius 2 is 0.897 bits per heavy atom. The lowest BCUT2D eigenvalue weighted by molar-refractivity contribution is -0.275. The number of hydrogen-bond donors (Lipinski definition) is 0. The van der Waals surface area contributed by atoms with Gasteiger partial charge >= 0.3 is 12.7 Å². The Bertz CT molecular complexity index is 2180. The molecule has 0 unspecified atom stereocenters. The molecular weight excluding hydrogens is 827 g/mol. The summed E-state index contributed by atoms with van der Waals surface area (Å²) in [6, 6.07) is 16.1. The fourth-order valence-corrected chi connectivity index (χ4v) is 6.81. The SMILES string of the molecule is CCS(=O)(=O)c1ccc(OC2=NO[C@@](C)(c3ccc(OC(F)(F)F)cc3)C2)cn1.CCS(=O)(=O)c1ccc(OC2=NO[C@](C)(c3ccc(OC(F)(F)F)cc3)C2)cn1. The van der Waals surface area contributed by atoms with Crippen LogP contribution in [0.1, 0.15) is 51.7 Å². The number of sulfone groups is 2. The number of nitrogens with zero attached hydrogens (tertiary/aromatic N) is 4. The highest BCUT2D eigenvalue weighted by molar-refractivity contribution is 7.91. The molecule has 2 aliphatic rings. The van der Waals surface area contributed by atoms with Crippen LogP contribution in [0.5, 0.6) is 23.0 Å². The number of benzene rings is 2. The molecule has 14 nitrogen and oxygen atoms in total. The number of rotatable bonds is 10. The van der Waals surface area contributed by atoms with Crippen LogP contribution in [0.3, 0.4) is 0 Å². The van der Waals surface area contributed by atoms with Gasteiger partial charge in [0.2, 0.25) is 11.8 Å². The third-order valence-electron chi connectivity index (χ3n) is 8.36. The minimum atomic E-state index is -4.76. The summed E-state index contributed by atoms with van der Waals surface area (Å²) in [5, 5.41) is 7.63. The van der Waals surface area contributed by atoms with Crippen LogP contribution in [0, 0.1) is 0 Å². The second-order valence-electron chi connectivity index (χ2n) is 12.8. The van der Waals surface area contributed by atoms with E-state index in [2.05, 4.69) is 29.8 Å². The Kier molecular flexibility index (Phi) is 12.5. The number of ether oxygens (including phenoxy) is 4. The first-order chi connectivity index (χ1) is 27.0. The van der Waals surface area contributed by atoms with Crippen LogP contribution in [0.4, 0.5) is 26.3 Å². The third-order valence-corrected chi connectivity index (χ3v) is 11.6. The minimum absolute atomic E-state index is 0.0528. The van der Waals surface area contributed by atoms with Gasteiger partial charge in [0, 0.05) is 0 Å². The van der Waals surface area contributed by atoms with Gasteiger partial charge in [0.1, 0.15) is 23.0 Å². The van der Waals surface area contributed by atoms with Gasteiger partial charge in [0.15, 0.2) is 40.9 Å². The number of halogens is 6. The van der Waals surface area contributed by atoms with Crippen molar-refractivity contribution in [2.24, 2.45) is 10.3 Å². The maximum atomic E-state index is 12.3. The fourth-order valence-electron chi connectivity index (χ4n) is 5.24. The van der Waals surface area contributed by atoms with Crippen molar-refractivity contribution in [2.45, 2.75) is 74.5 Å². The smallest absolute Gasteiger partial charge is 0.438 e. The maximum Gasteiger partial charge on any atom is 0.573 e. The van der Waals surface area contributed by atoms with Gasteiger partial charge in [-0.05, 0) is 73.5 Å². The zero-order chi connectivity index (χ0) is 42.6. The lowest BCUT2D eigenvalue weighted by Gasteiger charge is -2.21. The summed E-state index contributed by atoms with van der Waals surface area (Å²) in [5.41, 5.74) is -0.718. The summed E-state index contributed by atoms with van der Waals surface area (Å²) in [4.78, 5) is 18.6. The topological polar surface area (TPSA) is 174 Å². The van der Waals surface area contributed by atoms with Crippen LogP contribution in [0.25, 0.3) is 0 Å². The zero-order valence-corrected chi connectivity index (χ0v) is 32.5. The van der Waals surface area contributed by atoms with Gasteiger partial charge in [-0.2, -0.15) is 0 Å². The molecule has 0 saturated carbocycles. The Balaban J connectivity index is 0.000000221. The molecule has 2 aromatic heterocycles. The summed E-state index contributed by atoms with van der Waals surface area (Å²) >= 11 is 0. The summed E-state index contributed by atoms with van der Waals surface area (Å²) < 4.78 is 140. The van der Waals surface area contributed by atoms with E-state index >= 15 is 0 Å². The van der Waals surface area contributed by atoms with E-state index in [-0.39, 0.29) is 69.2 Å². The van der Waals surface area contributed by atoms with Crippen LogP contribution in [0.15, 0.2) is 106 Å². The first-order valence-electron chi connectivity index (χ1n) is 17.0. The number of oxime groups is 2. The van der Waals surface area contributed by atoms with Gasteiger partial charge in [0.05, 0.1) is 36.7 Å². The van der Waals surface area contributed by atoms with E-state index in [1.807, 2.05) is 0 Å². The predicted molar refractivity (Wildman–Crippen MR) is 192 cm³/mol. The zero-order valence-electron chi connectivity index (χ0n) is 30.9. The Morgan fingerprint density at radius 3 is 1.17 bits per heavy atom. The van der Waals surface area contributed by atoms with Crippen molar-refractivity contribution in [1.82, 2.24) is 9.97 Å². The molecule has 58 heavy (non-hydrogen) atoms. The molecule has 4 aromatic rings. The minimum Gasteiger partial charge on any atom is -0.438 e. The number of alkyl halides is 6. The molecule has 312 valence electrons. The average molecular weight is 861 g/mol. The fraction of sp³-hybridized carbons (Fsp3) is 0.333. The molecule has 2 atom stereocenters. The molecule has 0 amide bonds. The Hall–Kier alpha value is -5.64. The molecule has 2 aromatic carbocycles. The molecule has 0 fully saturated rings. The Morgan fingerprint density at radius 1 is 0.569 bits per heavy atom. The summed E-state index contributed by atoms with van der Waals surface area (Å²) in [5.74, 6) is 0.188. The average Bonchev–Trinajstić information content (AvgIpc) is 3.74. The molecule has 0 N–H and O–H groups in total. The van der Waals surface area contributed by atoms with E-state index in [1.54, 1.807) is 13.8 Å². The van der Waals surface area contributed by atoms with E-state index in [1.165, 1.54) is 99.0 Å². The van der Waals surface area contributed by atoms with Gasteiger partial charge in [-0.25, -0.2) is 26.8 Å². The van der Waals surface area contributed by atoms with Crippen LogP contribution >= 0.6 is 0 Å². The van der Waals surface area contributed by atoms with Crippen molar-refractivity contribution in [1.29, 1.82) is 0 Å². The van der Waals surface area contributed by atoms with E-state index in [0.29, 0.717) is 11.1 Å². The molecule has 6 rings (SSSR count). The van der Waals surface area contributed by atoms with Crippen LogP contribution in [-0.4, -0.2) is 62.8 Å². The first-order valence-corrected chi connectivity index (χ1v) is 20.3. The van der Waals surface area contributed by atoms with Gasteiger partial charge < -0.3 is 28.6 Å². The second-order valence-corrected chi connectivity index (χ2v) is 17.2. The lowest BCUT2D eigenvalue weighted by atomic mass is 9.93.